The number of thioether (sulfide) groups is 1. The molecule has 4 aromatic rings. The van der Waals surface area contributed by atoms with Crippen LogP contribution in [0.25, 0.3) is 17.3 Å². The molecule has 0 spiro atoms. The second-order valence-electron chi connectivity index (χ2n) is 6.16. The first-order valence-electron chi connectivity index (χ1n) is 8.96. The fraction of sp³-hybridized carbons (Fsp3) is 0.0952. The Morgan fingerprint density at radius 3 is 2.57 bits per heavy atom. The molecule has 9 heteroatoms. The zero-order valence-corrected chi connectivity index (χ0v) is 18.3. The van der Waals surface area contributed by atoms with Crippen molar-refractivity contribution < 1.29 is 13.9 Å². The van der Waals surface area contributed by atoms with Crippen molar-refractivity contribution in [3.05, 3.63) is 71.4 Å². The summed E-state index contributed by atoms with van der Waals surface area (Å²) in [7, 11) is 1.62. The first-order valence-corrected chi connectivity index (χ1v) is 10.7. The monoisotopic (exact) mass is 484 g/mol. The molecule has 0 aliphatic heterocycles. The molecule has 4 rings (SSSR count). The standard InChI is InChI=1S/C21H17BrN4O3S/c1-28-17-10-8-16(9-11-17)26-20(18-3-2-12-29-18)24-25-21(26)30-13-19(27)23-15-6-4-14(22)5-7-15/h2-12H,13H2,1H3,(H,23,27). The second kappa shape index (κ2) is 9.19. The highest BCUT2D eigenvalue weighted by Gasteiger charge is 2.19. The van der Waals surface area contributed by atoms with Crippen LogP contribution in [-0.2, 0) is 4.79 Å². The maximum Gasteiger partial charge on any atom is 0.234 e. The van der Waals surface area contributed by atoms with Crippen LogP contribution < -0.4 is 10.1 Å². The summed E-state index contributed by atoms with van der Waals surface area (Å²) >= 11 is 4.68. The number of carbonyl (C=O) groups is 1. The number of hydrogen-bond acceptors (Lipinski definition) is 6. The van der Waals surface area contributed by atoms with Crippen molar-refractivity contribution >= 4 is 39.3 Å². The summed E-state index contributed by atoms with van der Waals surface area (Å²) in [5.41, 5.74) is 1.57. The number of nitrogens with zero attached hydrogens (tertiary/aromatic N) is 3. The van der Waals surface area contributed by atoms with E-state index in [0.717, 1.165) is 21.6 Å². The maximum atomic E-state index is 12.4. The lowest BCUT2D eigenvalue weighted by atomic mass is 10.3. The number of methoxy groups -OCH3 is 1. The minimum Gasteiger partial charge on any atom is -0.497 e. The zero-order valence-electron chi connectivity index (χ0n) is 15.9. The van der Waals surface area contributed by atoms with E-state index in [2.05, 4.69) is 31.4 Å². The van der Waals surface area contributed by atoms with Crippen molar-refractivity contribution in [3.63, 3.8) is 0 Å². The minimum atomic E-state index is -0.133. The molecule has 0 radical (unpaired) electrons. The van der Waals surface area contributed by atoms with Crippen molar-refractivity contribution in [3.8, 4) is 23.0 Å². The number of anilines is 1. The number of nitrogens with one attached hydrogen (secondary N) is 1. The van der Waals surface area contributed by atoms with Gasteiger partial charge in [0.05, 0.1) is 24.8 Å². The summed E-state index contributed by atoms with van der Waals surface area (Å²) in [6.07, 6.45) is 1.58. The van der Waals surface area contributed by atoms with Gasteiger partial charge in [-0.15, -0.1) is 10.2 Å². The van der Waals surface area contributed by atoms with E-state index in [1.807, 2.05) is 59.2 Å². The van der Waals surface area contributed by atoms with Crippen LogP contribution in [0, 0.1) is 0 Å². The second-order valence-corrected chi connectivity index (χ2v) is 8.02. The first kappa shape index (κ1) is 20.2. The Hall–Kier alpha value is -3.04. The van der Waals surface area contributed by atoms with Crippen molar-refractivity contribution in [1.29, 1.82) is 0 Å². The maximum absolute atomic E-state index is 12.4. The molecule has 0 saturated carbocycles. The number of halogens is 1. The summed E-state index contributed by atoms with van der Waals surface area (Å²) < 4.78 is 13.6. The molecule has 1 N–H and O–H groups in total. The van der Waals surface area contributed by atoms with Gasteiger partial charge in [-0.1, -0.05) is 27.7 Å². The van der Waals surface area contributed by atoms with Gasteiger partial charge < -0.3 is 14.5 Å². The van der Waals surface area contributed by atoms with E-state index in [-0.39, 0.29) is 11.7 Å². The van der Waals surface area contributed by atoms with Gasteiger partial charge in [0.15, 0.2) is 10.9 Å². The van der Waals surface area contributed by atoms with E-state index in [1.54, 1.807) is 19.4 Å². The molecule has 7 nitrogen and oxygen atoms in total. The highest BCUT2D eigenvalue weighted by Crippen LogP contribution is 2.29. The zero-order chi connectivity index (χ0) is 20.9. The Bertz CT molecular complexity index is 1130. The number of furan rings is 1. The predicted molar refractivity (Wildman–Crippen MR) is 119 cm³/mol. The molecule has 0 aliphatic carbocycles. The van der Waals surface area contributed by atoms with Gasteiger partial charge in [-0.05, 0) is 60.7 Å². The molecule has 2 aromatic carbocycles. The summed E-state index contributed by atoms with van der Waals surface area (Å²) in [4.78, 5) is 12.4. The number of amides is 1. The van der Waals surface area contributed by atoms with Crippen molar-refractivity contribution in [2.24, 2.45) is 0 Å². The van der Waals surface area contributed by atoms with Crippen LogP contribution in [0.1, 0.15) is 0 Å². The molecule has 0 fully saturated rings. The summed E-state index contributed by atoms with van der Waals surface area (Å²) in [5, 5.41) is 12.0. The average Bonchev–Trinajstić information content (AvgIpc) is 3.44. The third kappa shape index (κ3) is 4.58. The number of carbonyl (C=O) groups excluding carboxylic acids is 1. The van der Waals surface area contributed by atoms with E-state index >= 15 is 0 Å². The van der Waals surface area contributed by atoms with E-state index < -0.39 is 0 Å². The van der Waals surface area contributed by atoms with Crippen LogP contribution in [0.4, 0.5) is 5.69 Å². The lowest BCUT2D eigenvalue weighted by Gasteiger charge is -2.10. The Morgan fingerprint density at radius 2 is 1.90 bits per heavy atom. The molecule has 2 heterocycles. The van der Waals surface area contributed by atoms with Crippen LogP contribution in [0.3, 0.4) is 0 Å². The van der Waals surface area contributed by atoms with Gasteiger partial charge in [-0.2, -0.15) is 0 Å². The smallest absolute Gasteiger partial charge is 0.234 e. The quantitative estimate of drug-likeness (QED) is 0.370. The van der Waals surface area contributed by atoms with Crippen LogP contribution in [0.5, 0.6) is 5.75 Å². The number of aromatic nitrogens is 3. The Labute approximate surface area is 185 Å². The minimum absolute atomic E-state index is 0.133. The average molecular weight is 485 g/mol. The van der Waals surface area contributed by atoms with Crippen LogP contribution in [0.2, 0.25) is 0 Å². The fourth-order valence-corrected chi connectivity index (χ4v) is 3.77. The van der Waals surface area contributed by atoms with E-state index in [9.17, 15) is 4.79 Å². The van der Waals surface area contributed by atoms with Crippen molar-refractivity contribution in [2.45, 2.75) is 5.16 Å². The number of benzene rings is 2. The summed E-state index contributed by atoms with van der Waals surface area (Å²) in [5.74, 6) is 1.94. The topological polar surface area (TPSA) is 82.2 Å². The lowest BCUT2D eigenvalue weighted by molar-refractivity contribution is -0.113. The SMILES string of the molecule is COc1ccc(-n2c(SCC(=O)Nc3ccc(Br)cc3)nnc2-c2ccco2)cc1. The summed E-state index contributed by atoms with van der Waals surface area (Å²) in [6, 6.07) is 18.5. The van der Waals surface area contributed by atoms with Crippen molar-refractivity contribution in [1.82, 2.24) is 14.8 Å². The molecule has 0 atom stereocenters. The van der Waals surface area contributed by atoms with E-state index in [0.29, 0.717) is 16.7 Å². The predicted octanol–water partition coefficient (Wildman–Crippen LogP) is 5.03. The number of hydrogen-bond donors (Lipinski definition) is 1. The highest BCUT2D eigenvalue weighted by atomic mass is 79.9. The van der Waals surface area contributed by atoms with Gasteiger partial charge in [0.1, 0.15) is 5.75 Å². The third-order valence-electron chi connectivity index (χ3n) is 4.17. The van der Waals surface area contributed by atoms with Gasteiger partial charge in [0.2, 0.25) is 11.7 Å². The Morgan fingerprint density at radius 1 is 1.13 bits per heavy atom. The van der Waals surface area contributed by atoms with Gasteiger partial charge in [-0.3, -0.25) is 9.36 Å². The summed E-state index contributed by atoms with van der Waals surface area (Å²) in [6.45, 7) is 0. The molecule has 0 unspecified atom stereocenters. The van der Waals surface area contributed by atoms with Gasteiger partial charge >= 0.3 is 0 Å². The van der Waals surface area contributed by atoms with Crippen LogP contribution >= 0.6 is 27.7 Å². The molecule has 0 bridgehead atoms. The normalized spacial score (nSPS) is 10.7. The molecular formula is C21H17BrN4O3S. The molecule has 1 amide bonds. The third-order valence-corrected chi connectivity index (χ3v) is 5.62. The molecule has 0 aliphatic rings. The fourth-order valence-electron chi connectivity index (χ4n) is 2.75. The van der Waals surface area contributed by atoms with Crippen molar-refractivity contribution in [2.75, 3.05) is 18.2 Å². The molecule has 0 saturated heterocycles. The van der Waals surface area contributed by atoms with Gasteiger partial charge in [0, 0.05) is 10.2 Å². The first-order chi connectivity index (χ1) is 14.6. The number of ether oxygens (including phenoxy) is 1. The largest absolute Gasteiger partial charge is 0.497 e. The molecule has 30 heavy (non-hydrogen) atoms. The lowest BCUT2D eigenvalue weighted by Crippen LogP contribution is -2.14. The number of rotatable bonds is 7. The highest BCUT2D eigenvalue weighted by molar-refractivity contribution is 9.10. The Kier molecular flexibility index (Phi) is 6.20. The van der Waals surface area contributed by atoms with E-state index in [1.165, 1.54) is 11.8 Å². The van der Waals surface area contributed by atoms with Crippen LogP contribution in [-0.4, -0.2) is 33.5 Å². The Balaban J connectivity index is 1.56. The van der Waals surface area contributed by atoms with Gasteiger partial charge in [-0.25, -0.2) is 0 Å². The van der Waals surface area contributed by atoms with E-state index in [4.69, 9.17) is 9.15 Å². The van der Waals surface area contributed by atoms with Gasteiger partial charge in [0.25, 0.3) is 0 Å². The molecule has 2 aromatic heterocycles. The molecular weight excluding hydrogens is 468 g/mol. The van der Waals surface area contributed by atoms with Crippen LogP contribution in [0.15, 0.2) is 81.0 Å². The molecule has 152 valence electrons.